The van der Waals surface area contributed by atoms with Crippen LogP contribution in [0.2, 0.25) is 0 Å². The summed E-state index contributed by atoms with van der Waals surface area (Å²) >= 11 is 0. The highest BCUT2D eigenvalue weighted by molar-refractivity contribution is 6.01. The minimum atomic E-state index is -1.05. The van der Waals surface area contributed by atoms with Gasteiger partial charge in [-0.15, -0.1) is 0 Å². The molecule has 0 saturated heterocycles. The summed E-state index contributed by atoms with van der Waals surface area (Å²) < 4.78 is 10.8. The second-order valence-electron chi connectivity index (χ2n) is 5.94. The number of carbonyl (C=O) groups is 2. The molecule has 28 heavy (non-hydrogen) atoms. The van der Waals surface area contributed by atoms with Crippen molar-refractivity contribution in [3.8, 4) is 11.8 Å². The van der Waals surface area contributed by atoms with Gasteiger partial charge in [0, 0.05) is 11.1 Å². The van der Waals surface area contributed by atoms with Gasteiger partial charge in [0.05, 0.1) is 11.6 Å². The molecule has 3 aromatic carbocycles. The van der Waals surface area contributed by atoms with Gasteiger partial charge in [0.15, 0.2) is 12.7 Å². The summed E-state index contributed by atoms with van der Waals surface area (Å²) in [5.41, 5.74) is 1.53. The van der Waals surface area contributed by atoms with Crippen LogP contribution in [-0.2, 0) is 9.53 Å². The third-order valence-corrected chi connectivity index (χ3v) is 3.99. The molecule has 1 unspecified atom stereocenters. The fraction of sp³-hybridized carbons (Fsp3) is 0.0870. The molecule has 0 radical (unpaired) electrons. The summed E-state index contributed by atoms with van der Waals surface area (Å²) in [6.45, 7) is -0.350. The molecule has 0 aliphatic carbocycles. The lowest BCUT2D eigenvalue weighted by atomic mass is 10.00. The summed E-state index contributed by atoms with van der Waals surface area (Å²) in [4.78, 5) is 25.2. The van der Waals surface area contributed by atoms with E-state index in [1.165, 1.54) is 0 Å². The second kappa shape index (κ2) is 9.15. The van der Waals surface area contributed by atoms with Gasteiger partial charge in [0.1, 0.15) is 5.75 Å². The molecular formula is C23H17NO4. The molecule has 0 aliphatic heterocycles. The standard InChI is InChI=1S/C23H17NO4/c24-15-17-11-13-20(14-12-17)27-16-21(25)28-23(19-9-5-2-6-10-19)22(26)18-7-3-1-4-8-18/h1-14,23H,16H2. The first kappa shape index (κ1) is 18.9. The first-order chi connectivity index (χ1) is 13.7. The third-order valence-electron chi connectivity index (χ3n) is 3.99. The highest BCUT2D eigenvalue weighted by Gasteiger charge is 2.26. The van der Waals surface area contributed by atoms with Crippen molar-refractivity contribution >= 4 is 11.8 Å². The van der Waals surface area contributed by atoms with Crippen LogP contribution in [-0.4, -0.2) is 18.4 Å². The smallest absolute Gasteiger partial charge is 0.345 e. The largest absolute Gasteiger partial charge is 0.482 e. The highest BCUT2D eigenvalue weighted by Crippen LogP contribution is 2.23. The molecule has 0 spiro atoms. The van der Waals surface area contributed by atoms with Gasteiger partial charge in [-0.05, 0) is 24.3 Å². The third kappa shape index (κ3) is 4.83. The van der Waals surface area contributed by atoms with E-state index in [2.05, 4.69) is 0 Å². The number of nitrogens with zero attached hydrogens (tertiary/aromatic N) is 1. The molecule has 1 atom stereocenters. The fourth-order valence-electron chi connectivity index (χ4n) is 2.59. The second-order valence-corrected chi connectivity index (χ2v) is 5.94. The van der Waals surface area contributed by atoms with E-state index in [1.807, 2.05) is 18.2 Å². The van der Waals surface area contributed by atoms with E-state index < -0.39 is 12.1 Å². The molecule has 0 N–H and O–H groups in total. The fourth-order valence-corrected chi connectivity index (χ4v) is 2.59. The maximum atomic E-state index is 12.9. The number of carbonyl (C=O) groups excluding carboxylic acids is 2. The van der Waals surface area contributed by atoms with E-state index in [-0.39, 0.29) is 12.4 Å². The monoisotopic (exact) mass is 371 g/mol. The van der Waals surface area contributed by atoms with Crippen molar-refractivity contribution in [2.75, 3.05) is 6.61 Å². The van der Waals surface area contributed by atoms with Gasteiger partial charge < -0.3 is 9.47 Å². The number of hydrogen-bond acceptors (Lipinski definition) is 5. The zero-order chi connectivity index (χ0) is 19.8. The molecule has 5 nitrogen and oxygen atoms in total. The van der Waals surface area contributed by atoms with E-state index in [9.17, 15) is 9.59 Å². The summed E-state index contributed by atoms with van der Waals surface area (Å²) in [6.07, 6.45) is -1.05. The van der Waals surface area contributed by atoms with E-state index in [1.54, 1.807) is 72.8 Å². The van der Waals surface area contributed by atoms with E-state index in [0.29, 0.717) is 22.4 Å². The number of esters is 1. The predicted octanol–water partition coefficient (Wildman–Crippen LogP) is 4.10. The Balaban J connectivity index is 1.71. The van der Waals surface area contributed by atoms with Crippen LogP contribution in [0.15, 0.2) is 84.9 Å². The summed E-state index contributed by atoms with van der Waals surface area (Å²) in [5, 5.41) is 8.80. The van der Waals surface area contributed by atoms with Gasteiger partial charge in [-0.1, -0.05) is 60.7 Å². The molecule has 0 fully saturated rings. The molecule has 0 heterocycles. The minimum Gasteiger partial charge on any atom is -0.482 e. The van der Waals surface area contributed by atoms with Crippen LogP contribution in [0, 0.1) is 11.3 Å². The van der Waals surface area contributed by atoms with Crippen LogP contribution in [0.5, 0.6) is 5.75 Å². The lowest BCUT2D eigenvalue weighted by molar-refractivity contribution is -0.149. The first-order valence-corrected chi connectivity index (χ1v) is 8.64. The van der Waals surface area contributed by atoms with Crippen LogP contribution in [0.4, 0.5) is 0 Å². The summed E-state index contributed by atoms with van der Waals surface area (Å²) in [7, 11) is 0. The normalized spacial score (nSPS) is 11.1. The summed E-state index contributed by atoms with van der Waals surface area (Å²) in [5.74, 6) is -0.539. The molecule has 0 aliphatic rings. The number of rotatable bonds is 7. The zero-order valence-corrected chi connectivity index (χ0v) is 14.9. The number of ether oxygens (including phenoxy) is 2. The number of ketones is 1. The average Bonchev–Trinajstić information content (AvgIpc) is 2.77. The predicted molar refractivity (Wildman–Crippen MR) is 103 cm³/mol. The molecule has 0 aromatic heterocycles. The molecule has 5 heteroatoms. The van der Waals surface area contributed by atoms with Crippen molar-refractivity contribution in [1.82, 2.24) is 0 Å². The maximum absolute atomic E-state index is 12.9. The van der Waals surface area contributed by atoms with Crippen LogP contribution >= 0.6 is 0 Å². The first-order valence-electron chi connectivity index (χ1n) is 8.64. The van der Waals surface area contributed by atoms with Crippen molar-refractivity contribution in [2.24, 2.45) is 0 Å². The number of nitriles is 1. The zero-order valence-electron chi connectivity index (χ0n) is 14.9. The van der Waals surface area contributed by atoms with Crippen LogP contribution in [0.3, 0.4) is 0 Å². The van der Waals surface area contributed by atoms with E-state index in [0.717, 1.165) is 0 Å². The quantitative estimate of drug-likeness (QED) is 0.461. The molecule has 138 valence electrons. The Hall–Kier alpha value is -3.91. The Morgan fingerprint density at radius 3 is 2.07 bits per heavy atom. The lowest BCUT2D eigenvalue weighted by Gasteiger charge is -2.17. The van der Waals surface area contributed by atoms with Gasteiger partial charge in [-0.2, -0.15) is 5.26 Å². The van der Waals surface area contributed by atoms with Crippen molar-refractivity contribution in [1.29, 1.82) is 5.26 Å². The van der Waals surface area contributed by atoms with E-state index in [4.69, 9.17) is 14.7 Å². The molecule has 0 saturated carbocycles. The molecule has 0 amide bonds. The minimum absolute atomic E-state index is 0.307. The highest BCUT2D eigenvalue weighted by atomic mass is 16.6. The Morgan fingerprint density at radius 2 is 1.46 bits per heavy atom. The van der Waals surface area contributed by atoms with Crippen LogP contribution < -0.4 is 4.74 Å². The van der Waals surface area contributed by atoms with Crippen molar-refractivity contribution in [3.63, 3.8) is 0 Å². The van der Waals surface area contributed by atoms with Gasteiger partial charge in [-0.3, -0.25) is 4.79 Å². The number of Topliss-reactive ketones (excluding diaryl/α,β-unsaturated/α-hetero) is 1. The Labute approximate surface area is 162 Å². The number of hydrogen-bond donors (Lipinski definition) is 0. The van der Waals surface area contributed by atoms with Gasteiger partial charge in [-0.25, -0.2) is 4.79 Å². The Kier molecular flexibility index (Phi) is 6.17. The molecule has 3 rings (SSSR count). The van der Waals surface area contributed by atoms with Crippen molar-refractivity contribution < 1.29 is 19.1 Å². The van der Waals surface area contributed by atoms with Crippen molar-refractivity contribution in [2.45, 2.75) is 6.10 Å². The Morgan fingerprint density at radius 1 is 0.857 bits per heavy atom. The molecule has 0 bridgehead atoms. The van der Waals surface area contributed by atoms with Crippen LogP contribution in [0.25, 0.3) is 0 Å². The number of benzene rings is 3. The van der Waals surface area contributed by atoms with Crippen molar-refractivity contribution in [3.05, 3.63) is 102 Å². The van der Waals surface area contributed by atoms with Crippen LogP contribution in [0.1, 0.15) is 27.6 Å². The Bertz CT molecular complexity index is 977. The molecule has 3 aromatic rings. The SMILES string of the molecule is N#Cc1ccc(OCC(=O)OC(C(=O)c2ccccc2)c2ccccc2)cc1. The lowest BCUT2D eigenvalue weighted by Crippen LogP contribution is -2.23. The average molecular weight is 371 g/mol. The van der Waals surface area contributed by atoms with Gasteiger partial charge in [0.2, 0.25) is 5.78 Å². The summed E-state index contributed by atoms with van der Waals surface area (Å²) in [6, 6.07) is 25.9. The van der Waals surface area contributed by atoms with E-state index >= 15 is 0 Å². The molecular weight excluding hydrogens is 354 g/mol. The van der Waals surface area contributed by atoms with Gasteiger partial charge >= 0.3 is 5.97 Å². The van der Waals surface area contributed by atoms with Gasteiger partial charge in [0.25, 0.3) is 0 Å². The topological polar surface area (TPSA) is 76.4 Å². The maximum Gasteiger partial charge on any atom is 0.345 e.